The fourth-order valence-electron chi connectivity index (χ4n) is 5.10. The first-order valence-corrected chi connectivity index (χ1v) is 11.7. The van der Waals surface area contributed by atoms with Gasteiger partial charge in [-0.25, -0.2) is 9.59 Å². The summed E-state index contributed by atoms with van der Waals surface area (Å²) >= 11 is 0. The van der Waals surface area contributed by atoms with Gasteiger partial charge in [0.25, 0.3) is 0 Å². The number of rotatable bonds is 9. The molecular weight excluding hydrogens is 432 g/mol. The van der Waals surface area contributed by atoms with E-state index in [1.165, 1.54) is 28.3 Å². The molecule has 1 unspecified atom stereocenters. The van der Waals surface area contributed by atoms with Crippen molar-refractivity contribution in [2.75, 3.05) is 6.61 Å². The van der Waals surface area contributed by atoms with Crippen LogP contribution >= 0.6 is 0 Å². The van der Waals surface area contributed by atoms with Crippen LogP contribution in [0.2, 0.25) is 0 Å². The van der Waals surface area contributed by atoms with Gasteiger partial charge in [0.1, 0.15) is 12.6 Å². The SMILES string of the molecule is C=CCC(NC(=O)C[C@@H]1CC[C@H](NC(=O)OCC2c3ccccc3-c3ccccc32)C1)C(=O)O. The van der Waals surface area contributed by atoms with Gasteiger partial charge in [0.05, 0.1) is 0 Å². The zero-order valence-electron chi connectivity index (χ0n) is 19.0. The Morgan fingerprint density at radius 3 is 2.32 bits per heavy atom. The minimum atomic E-state index is -1.07. The van der Waals surface area contributed by atoms with Gasteiger partial charge in [-0.05, 0) is 53.9 Å². The molecular formula is C27H30N2O5. The molecule has 0 bridgehead atoms. The number of hydrogen-bond acceptors (Lipinski definition) is 4. The van der Waals surface area contributed by atoms with Gasteiger partial charge >= 0.3 is 12.1 Å². The van der Waals surface area contributed by atoms with Gasteiger partial charge < -0.3 is 20.5 Å². The molecule has 2 aliphatic carbocycles. The topological polar surface area (TPSA) is 105 Å². The Morgan fingerprint density at radius 2 is 1.71 bits per heavy atom. The van der Waals surface area contributed by atoms with E-state index in [4.69, 9.17) is 9.84 Å². The fraction of sp³-hybridized carbons (Fsp3) is 0.370. The molecule has 3 N–H and O–H groups in total. The molecule has 0 radical (unpaired) electrons. The largest absolute Gasteiger partial charge is 0.480 e. The highest BCUT2D eigenvalue weighted by Crippen LogP contribution is 2.44. The third-order valence-electron chi connectivity index (χ3n) is 6.72. The summed E-state index contributed by atoms with van der Waals surface area (Å²) in [5.41, 5.74) is 4.70. The van der Waals surface area contributed by atoms with E-state index in [9.17, 15) is 14.4 Å². The Morgan fingerprint density at radius 1 is 1.06 bits per heavy atom. The summed E-state index contributed by atoms with van der Waals surface area (Å²) in [7, 11) is 0. The van der Waals surface area contributed by atoms with Crippen LogP contribution in [0.4, 0.5) is 4.79 Å². The number of amides is 2. The van der Waals surface area contributed by atoms with Crippen molar-refractivity contribution in [3.63, 3.8) is 0 Å². The maximum atomic E-state index is 12.5. The van der Waals surface area contributed by atoms with Crippen molar-refractivity contribution in [1.82, 2.24) is 10.6 Å². The lowest BCUT2D eigenvalue weighted by molar-refractivity contribution is -0.141. The van der Waals surface area contributed by atoms with Crippen molar-refractivity contribution in [2.45, 2.75) is 50.1 Å². The van der Waals surface area contributed by atoms with Gasteiger partial charge in [-0.1, -0.05) is 54.6 Å². The van der Waals surface area contributed by atoms with Crippen LogP contribution in [0, 0.1) is 5.92 Å². The number of nitrogens with one attached hydrogen (secondary N) is 2. The number of ether oxygens (including phenoxy) is 1. The molecule has 178 valence electrons. The molecule has 0 saturated heterocycles. The highest BCUT2D eigenvalue weighted by atomic mass is 16.5. The third kappa shape index (κ3) is 5.30. The average Bonchev–Trinajstić information content (AvgIpc) is 3.39. The highest BCUT2D eigenvalue weighted by molar-refractivity contribution is 5.83. The van der Waals surface area contributed by atoms with Crippen LogP contribution in [-0.2, 0) is 14.3 Å². The lowest BCUT2D eigenvalue weighted by Gasteiger charge is -2.17. The van der Waals surface area contributed by atoms with E-state index >= 15 is 0 Å². The molecule has 2 aliphatic rings. The molecule has 7 nitrogen and oxygen atoms in total. The summed E-state index contributed by atoms with van der Waals surface area (Å²) in [6.45, 7) is 3.79. The standard InChI is InChI=1S/C27H30N2O5/c1-2-7-24(26(31)32)29-25(30)15-17-12-13-18(14-17)28-27(33)34-16-23-21-10-5-3-8-19(21)20-9-4-6-11-22(20)23/h2-6,8-11,17-18,23-24H,1,7,12-16H2,(H,28,33)(H,29,30)(H,31,32)/t17-,18+,24?/m1/s1. The molecule has 1 fully saturated rings. The number of alkyl carbamates (subject to hydrolysis) is 1. The molecule has 0 aliphatic heterocycles. The Balaban J connectivity index is 1.25. The van der Waals surface area contributed by atoms with Crippen LogP contribution < -0.4 is 10.6 Å². The quantitative estimate of drug-likeness (QED) is 0.484. The Kier molecular flexibility index (Phi) is 7.30. The number of carbonyl (C=O) groups is 3. The number of carbonyl (C=O) groups excluding carboxylic acids is 2. The summed E-state index contributed by atoms with van der Waals surface area (Å²) in [6, 6.07) is 15.4. The van der Waals surface area contributed by atoms with E-state index in [0.29, 0.717) is 6.42 Å². The lowest BCUT2D eigenvalue weighted by Crippen LogP contribution is -2.41. The average molecular weight is 463 g/mol. The number of aliphatic carboxylic acids is 1. The number of hydrogen-bond donors (Lipinski definition) is 3. The molecule has 4 rings (SSSR count). The van der Waals surface area contributed by atoms with Gasteiger partial charge in [-0.15, -0.1) is 6.58 Å². The predicted octanol–water partition coefficient (Wildman–Crippen LogP) is 4.23. The number of carboxylic acid groups (broad SMARTS) is 1. The van der Waals surface area contributed by atoms with Crippen LogP contribution in [-0.4, -0.2) is 41.8 Å². The van der Waals surface area contributed by atoms with E-state index in [2.05, 4.69) is 41.5 Å². The molecule has 34 heavy (non-hydrogen) atoms. The van der Waals surface area contributed by atoms with Crippen LogP contribution in [0.15, 0.2) is 61.2 Å². The second kappa shape index (κ2) is 10.5. The fourth-order valence-corrected chi connectivity index (χ4v) is 5.10. The van der Waals surface area contributed by atoms with Gasteiger partial charge in [-0.2, -0.15) is 0 Å². The van der Waals surface area contributed by atoms with Crippen molar-refractivity contribution in [3.8, 4) is 11.1 Å². The van der Waals surface area contributed by atoms with Crippen molar-refractivity contribution in [3.05, 3.63) is 72.3 Å². The highest BCUT2D eigenvalue weighted by Gasteiger charge is 2.31. The van der Waals surface area contributed by atoms with Crippen molar-refractivity contribution < 1.29 is 24.2 Å². The maximum Gasteiger partial charge on any atom is 0.407 e. The summed E-state index contributed by atoms with van der Waals surface area (Å²) in [5, 5.41) is 14.6. The van der Waals surface area contributed by atoms with Crippen LogP contribution in [0.5, 0.6) is 0 Å². The van der Waals surface area contributed by atoms with Crippen LogP contribution in [0.1, 0.15) is 49.1 Å². The molecule has 2 aromatic rings. The summed E-state index contributed by atoms with van der Waals surface area (Å²) in [4.78, 5) is 36.0. The summed E-state index contributed by atoms with van der Waals surface area (Å²) in [6.07, 6.45) is 3.66. The summed E-state index contributed by atoms with van der Waals surface area (Å²) < 4.78 is 5.62. The van der Waals surface area contributed by atoms with E-state index in [-0.39, 0.29) is 43.2 Å². The monoisotopic (exact) mass is 462 g/mol. The second-order valence-corrected chi connectivity index (χ2v) is 9.03. The van der Waals surface area contributed by atoms with Crippen molar-refractivity contribution in [1.29, 1.82) is 0 Å². The van der Waals surface area contributed by atoms with Gasteiger partial charge in [0.2, 0.25) is 5.91 Å². The molecule has 1 saturated carbocycles. The molecule has 3 atom stereocenters. The minimum Gasteiger partial charge on any atom is -0.480 e. The van der Waals surface area contributed by atoms with E-state index < -0.39 is 18.1 Å². The molecule has 2 amide bonds. The molecule has 2 aromatic carbocycles. The van der Waals surface area contributed by atoms with E-state index in [1.807, 2.05) is 24.3 Å². The van der Waals surface area contributed by atoms with Gasteiger partial charge in [0, 0.05) is 18.4 Å². The molecule has 0 aromatic heterocycles. The van der Waals surface area contributed by atoms with E-state index in [1.54, 1.807) is 0 Å². The smallest absolute Gasteiger partial charge is 0.407 e. The van der Waals surface area contributed by atoms with Gasteiger partial charge in [-0.3, -0.25) is 4.79 Å². The van der Waals surface area contributed by atoms with E-state index in [0.717, 1.165) is 12.8 Å². The first-order valence-electron chi connectivity index (χ1n) is 11.7. The first kappa shape index (κ1) is 23.5. The number of benzene rings is 2. The zero-order valence-corrected chi connectivity index (χ0v) is 19.0. The molecule has 0 spiro atoms. The van der Waals surface area contributed by atoms with Crippen LogP contribution in [0.3, 0.4) is 0 Å². The molecule has 0 heterocycles. The predicted molar refractivity (Wildman–Crippen MR) is 128 cm³/mol. The Bertz CT molecular complexity index is 1040. The first-order chi connectivity index (χ1) is 16.5. The summed E-state index contributed by atoms with van der Waals surface area (Å²) in [5.74, 6) is -1.26. The number of carboxylic acids is 1. The minimum absolute atomic E-state index is 0.0101. The van der Waals surface area contributed by atoms with Crippen LogP contribution in [0.25, 0.3) is 11.1 Å². The second-order valence-electron chi connectivity index (χ2n) is 9.03. The third-order valence-corrected chi connectivity index (χ3v) is 6.72. The maximum absolute atomic E-state index is 12.5. The van der Waals surface area contributed by atoms with Gasteiger partial charge in [0.15, 0.2) is 0 Å². The Hall–Kier alpha value is -3.61. The normalized spacial score (nSPS) is 19.5. The Labute approximate surface area is 199 Å². The lowest BCUT2D eigenvalue weighted by atomic mass is 9.98. The molecule has 7 heteroatoms. The van der Waals surface area contributed by atoms with Crippen molar-refractivity contribution >= 4 is 18.0 Å². The van der Waals surface area contributed by atoms with Crippen molar-refractivity contribution in [2.24, 2.45) is 5.92 Å². The zero-order chi connectivity index (χ0) is 24.1. The number of fused-ring (bicyclic) bond motifs is 3.